The number of rotatable bonds is 3. The van der Waals surface area contributed by atoms with Crippen LogP contribution in [-0.2, 0) is 11.2 Å². The molecule has 0 radical (unpaired) electrons. The summed E-state index contributed by atoms with van der Waals surface area (Å²) in [5.74, 6) is 0.243. The Morgan fingerprint density at radius 3 is 2.72 bits per heavy atom. The Morgan fingerprint density at radius 1 is 1.20 bits per heavy atom. The van der Waals surface area contributed by atoms with Crippen LogP contribution in [0.1, 0.15) is 36.0 Å². The molecule has 0 aliphatic carbocycles. The van der Waals surface area contributed by atoms with Gasteiger partial charge in [0.1, 0.15) is 11.6 Å². The smallest absolute Gasteiger partial charge is 0.226 e. The first kappa shape index (κ1) is 15.6. The number of carbonyl (C=O) groups is 1. The van der Waals surface area contributed by atoms with E-state index in [2.05, 4.69) is 23.4 Å². The van der Waals surface area contributed by atoms with Crippen LogP contribution < -0.4 is 5.32 Å². The van der Waals surface area contributed by atoms with Crippen LogP contribution in [0.15, 0.2) is 54.7 Å². The Hall–Kier alpha value is -2.95. The van der Waals surface area contributed by atoms with Crippen molar-refractivity contribution in [2.45, 2.75) is 25.7 Å². The lowest BCUT2D eigenvalue weighted by molar-refractivity contribution is -0.116. The first-order valence-corrected chi connectivity index (χ1v) is 8.39. The third-order valence-corrected chi connectivity index (χ3v) is 4.69. The summed E-state index contributed by atoms with van der Waals surface area (Å²) in [4.78, 5) is 12.3. The van der Waals surface area contributed by atoms with E-state index < -0.39 is 0 Å². The number of fused-ring (bicyclic) bond motifs is 1. The molecule has 5 heteroatoms. The Bertz CT molecular complexity index is 930. The molecular formula is C20H18FN3O. The fourth-order valence-corrected chi connectivity index (χ4v) is 3.41. The first-order chi connectivity index (χ1) is 12.2. The molecule has 3 aromatic rings. The predicted molar refractivity (Wildman–Crippen MR) is 94.4 cm³/mol. The normalized spacial score (nSPS) is 16.4. The van der Waals surface area contributed by atoms with Gasteiger partial charge in [-0.05, 0) is 35.7 Å². The molecule has 1 aromatic heterocycles. The van der Waals surface area contributed by atoms with E-state index in [1.807, 2.05) is 18.2 Å². The predicted octanol–water partition coefficient (Wildman–Crippen LogP) is 4.05. The van der Waals surface area contributed by atoms with Crippen molar-refractivity contribution in [2.24, 2.45) is 0 Å². The molecule has 0 spiro atoms. The number of anilines is 1. The average molecular weight is 335 g/mol. The SMILES string of the molecule is CCc1ccccc1-n1ncc2c1NC(=O)CC2c1ccc(F)cc1. The lowest BCUT2D eigenvalue weighted by Crippen LogP contribution is -2.24. The van der Waals surface area contributed by atoms with Gasteiger partial charge in [0, 0.05) is 17.9 Å². The molecule has 0 saturated carbocycles. The van der Waals surface area contributed by atoms with Crippen molar-refractivity contribution in [2.75, 3.05) is 5.32 Å². The summed E-state index contributed by atoms with van der Waals surface area (Å²) in [6, 6.07) is 14.4. The van der Waals surface area contributed by atoms with Crippen molar-refractivity contribution in [1.29, 1.82) is 0 Å². The Morgan fingerprint density at radius 2 is 1.96 bits per heavy atom. The summed E-state index contributed by atoms with van der Waals surface area (Å²) in [7, 11) is 0. The van der Waals surface area contributed by atoms with Crippen molar-refractivity contribution in [1.82, 2.24) is 9.78 Å². The second kappa shape index (κ2) is 6.16. The number of aromatic nitrogens is 2. The van der Waals surface area contributed by atoms with Crippen LogP contribution in [-0.4, -0.2) is 15.7 Å². The van der Waals surface area contributed by atoms with Crippen molar-refractivity contribution in [3.63, 3.8) is 0 Å². The van der Waals surface area contributed by atoms with Gasteiger partial charge in [-0.25, -0.2) is 9.07 Å². The highest BCUT2D eigenvalue weighted by molar-refractivity contribution is 5.94. The summed E-state index contributed by atoms with van der Waals surface area (Å²) in [5, 5.41) is 7.49. The first-order valence-electron chi connectivity index (χ1n) is 8.39. The fourth-order valence-electron chi connectivity index (χ4n) is 3.41. The molecule has 126 valence electrons. The number of amides is 1. The number of carbonyl (C=O) groups excluding carboxylic acids is 1. The van der Waals surface area contributed by atoms with Gasteiger partial charge in [0.2, 0.25) is 5.91 Å². The van der Waals surface area contributed by atoms with Crippen LogP contribution in [0.5, 0.6) is 0 Å². The number of nitrogens with zero attached hydrogens (tertiary/aromatic N) is 2. The van der Waals surface area contributed by atoms with Gasteiger partial charge in [-0.3, -0.25) is 4.79 Å². The second-order valence-electron chi connectivity index (χ2n) is 6.20. The second-order valence-corrected chi connectivity index (χ2v) is 6.20. The Labute approximate surface area is 145 Å². The number of hydrogen-bond acceptors (Lipinski definition) is 2. The van der Waals surface area contributed by atoms with Crippen molar-refractivity contribution in [3.05, 3.63) is 77.2 Å². The van der Waals surface area contributed by atoms with E-state index in [0.29, 0.717) is 12.2 Å². The molecule has 0 saturated heterocycles. The molecule has 1 aliphatic rings. The summed E-state index contributed by atoms with van der Waals surface area (Å²) < 4.78 is 15.0. The fraction of sp³-hybridized carbons (Fsp3) is 0.200. The number of hydrogen-bond donors (Lipinski definition) is 1. The highest BCUT2D eigenvalue weighted by atomic mass is 19.1. The Kier molecular flexibility index (Phi) is 3.84. The zero-order valence-electron chi connectivity index (χ0n) is 13.9. The monoisotopic (exact) mass is 335 g/mol. The van der Waals surface area contributed by atoms with Crippen molar-refractivity contribution >= 4 is 11.7 Å². The number of aryl methyl sites for hydroxylation is 1. The molecule has 2 aromatic carbocycles. The van der Waals surface area contributed by atoms with Crippen LogP contribution in [0, 0.1) is 5.82 Å². The van der Waals surface area contributed by atoms with Gasteiger partial charge in [-0.15, -0.1) is 0 Å². The van der Waals surface area contributed by atoms with Crippen molar-refractivity contribution in [3.8, 4) is 5.69 Å². The topological polar surface area (TPSA) is 46.9 Å². The lowest BCUT2D eigenvalue weighted by Gasteiger charge is -2.24. The van der Waals surface area contributed by atoms with Gasteiger partial charge in [-0.2, -0.15) is 5.10 Å². The average Bonchev–Trinajstić information content (AvgIpc) is 3.05. The van der Waals surface area contributed by atoms with Gasteiger partial charge >= 0.3 is 0 Å². The lowest BCUT2D eigenvalue weighted by atomic mass is 9.87. The minimum atomic E-state index is -0.281. The highest BCUT2D eigenvalue weighted by Crippen LogP contribution is 2.38. The standard InChI is InChI=1S/C20H18FN3O/c1-2-13-5-3-4-6-18(13)24-20-17(12-22-24)16(11-19(25)23-20)14-7-9-15(21)10-8-14/h3-10,12,16H,2,11H2,1H3,(H,23,25). The van der Waals surface area contributed by atoms with E-state index in [0.717, 1.165) is 28.8 Å². The Balaban J connectivity index is 1.83. The minimum Gasteiger partial charge on any atom is -0.310 e. The van der Waals surface area contributed by atoms with E-state index in [1.165, 1.54) is 12.1 Å². The van der Waals surface area contributed by atoms with Crippen LogP contribution >= 0.6 is 0 Å². The maximum absolute atomic E-state index is 13.2. The molecule has 4 nitrogen and oxygen atoms in total. The van der Waals surface area contributed by atoms with E-state index in [1.54, 1.807) is 23.0 Å². The highest BCUT2D eigenvalue weighted by Gasteiger charge is 2.30. The summed E-state index contributed by atoms with van der Waals surface area (Å²) >= 11 is 0. The van der Waals surface area contributed by atoms with Crippen LogP contribution in [0.4, 0.5) is 10.2 Å². The number of halogens is 1. The number of para-hydroxylation sites is 1. The van der Waals surface area contributed by atoms with Crippen molar-refractivity contribution < 1.29 is 9.18 Å². The zero-order valence-corrected chi connectivity index (χ0v) is 13.9. The summed E-state index contributed by atoms with van der Waals surface area (Å²) in [6.45, 7) is 2.09. The molecule has 1 amide bonds. The third-order valence-electron chi connectivity index (χ3n) is 4.69. The minimum absolute atomic E-state index is 0.0578. The van der Waals surface area contributed by atoms with Gasteiger partial charge in [0.05, 0.1) is 11.9 Å². The molecule has 25 heavy (non-hydrogen) atoms. The number of benzene rings is 2. The molecule has 0 bridgehead atoms. The largest absolute Gasteiger partial charge is 0.310 e. The van der Waals surface area contributed by atoms with Gasteiger partial charge in [0.15, 0.2) is 0 Å². The maximum atomic E-state index is 13.2. The van der Waals surface area contributed by atoms with Gasteiger partial charge in [-0.1, -0.05) is 37.3 Å². The van der Waals surface area contributed by atoms with Gasteiger partial charge in [0.25, 0.3) is 0 Å². The van der Waals surface area contributed by atoms with Crippen LogP contribution in [0.2, 0.25) is 0 Å². The van der Waals surface area contributed by atoms with Crippen LogP contribution in [0.25, 0.3) is 5.69 Å². The third kappa shape index (κ3) is 2.71. The molecule has 1 atom stereocenters. The van der Waals surface area contributed by atoms with E-state index in [-0.39, 0.29) is 17.6 Å². The molecular weight excluding hydrogens is 317 g/mol. The maximum Gasteiger partial charge on any atom is 0.226 e. The summed E-state index contributed by atoms with van der Waals surface area (Å²) in [6.07, 6.45) is 3.01. The summed E-state index contributed by atoms with van der Waals surface area (Å²) in [5.41, 5.74) is 4.00. The van der Waals surface area contributed by atoms with Crippen LogP contribution in [0.3, 0.4) is 0 Å². The number of nitrogens with one attached hydrogen (secondary N) is 1. The molecule has 1 aliphatic heterocycles. The molecule has 1 unspecified atom stereocenters. The molecule has 2 heterocycles. The quantitative estimate of drug-likeness (QED) is 0.785. The van der Waals surface area contributed by atoms with E-state index in [4.69, 9.17) is 0 Å². The van der Waals surface area contributed by atoms with E-state index in [9.17, 15) is 9.18 Å². The van der Waals surface area contributed by atoms with E-state index >= 15 is 0 Å². The zero-order chi connectivity index (χ0) is 17.4. The van der Waals surface area contributed by atoms with Gasteiger partial charge < -0.3 is 5.32 Å². The molecule has 4 rings (SSSR count). The molecule has 0 fully saturated rings. The molecule has 1 N–H and O–H groups in total.